The molecule has 0 saturated heterocycles. The number of hydrogen-bond acceptors (Lipinski definition) is 2. The molecule has 0 aromatic heterocycles. The minimum Gasteiger partial charge on any atom is -0.356 e. The smallest absolute Gasteiger partial charge is 0.191 e. The van der Waals surface area contributed by atoms with Crippen molar-refractivity contribution in [2.24, 2.45) is 4.99 Å². The fourth-order valence-electron chi connectivity index (χ4n) is 1.56. The van der Waals surface area contributed by atoms with Crippen molar-refractivity contribution in [3.05, 3.63) is 35.6 Å². The van der Waals surface area contributed by atoms with E-state index in [0.29, 0.717) is 5.25 Å². The molecule has 0 bridgehead atoms. The molecule has 0 heterocycles. The summed E-state index contributed by atoms with van der Waals surface area (Å²) in [4.78, 5) is 4.15. The summed E-state index contributed by atoms with van der Waals surface area (Å²) >= 11 is 1.81. The molecule has 1 aromatic carbocycles. The predicted octanol–water partition coefficient (Wildman–Crippen LogP) is 2.90. The summed E-state index contributed by atoms with van der Waals surface area (Å²) in [6, 6.07) is 6.68. The lowest BCUT2D eigenvalue weighted by Gasteiger charge is -2.14. The predicted molar refractivity (Wildman–Crippen MR) is 97.9 cm³/mol. The second-order valence-corrected chi connectivity index (χ2v) is 5.58. The quantitative estimate of drug-likeness (QED) is 0.430. The molecule has 0 radical (unpaired) electrons. The van der Waals surface area contributed by atoms with Crippen molar-refractivity contribution in [3.63, 3.8) is 0 Å². The Hall–Kier alpha value is -0.500. The first kappa shape index (κ1) is 19.5. The molecule has 0 saturated carbocycles. The van der Waals surface area contributed by atoms with Gasteiger partial charge in [0.2, 0.25) is 0 Å². The second kappa shape index (κ2) is 11.2. The first-order valence-corrected chi connectivity index (χ1v) is 7.66. The number of nitrogens with zero attached hydrogens (tertiary/aromatic N) is 1. The van der Waals surface area contributed by atoms with E-state index in [1.54, 1.807) is 19.2 Å². The Morgan fingerprint density at radius 3 is 2.75 bits per heavy atom. The van der Waals surface area contributed by atoms with Crippen LogP contribution in [0, 0.1) is 5.82 Å². The van der Waals surface area contributed by atoms with Crippen molar-refractivity contribution in [3.8, 4) is 0 Å². The molecule has 1 atom stereocenters. The summed E-state index contributed by atoms with van der Waals surface area (Å²) in [7, 11) is 1.75. The van der Waals surface area contributed by atoms with Gasteiger partial charge >= 0.3 is 0 Å². The molecular weight excluding hydrogens is 388 g/mol. The first-order valence-electron chi connectivity index (χ1n) is 6.37. The second-order valence-electron chi connectivity index (χ2n) is 4.31. The van der Waals surface area contributed by atoms with Crippen molar-refractivity contribution in [1.29, 1.82) is 0 Å². The van der Waals surface area contributed by atoms with Crippen molar-refractivity contribution in [2.75, 3.05) is 26.4 Å². The average Bonchev–Trinajstić information content (AvgIpc) is 2.42. The topological polar surface area (TPSA) is 36.4 Å². The number of nitrogens with one attached hydrogen (secondary N) is 2. The third kappa shape index (κ3) is 7.94. The Balaban J connectivity index is 0.00000361. The Morgan fingerprint density at radius 1 is 1.40 bits per heavy atom. The van der Waals surface area contributed by atoms with Crippen LogP contribution in [-0.4, -0.2) is 37.6 Å². The maximum absolute atomic E-state index is 13.0. The fourth-order valence-corrected chi connectivity index (χ4v) is 1.81. The molecule has 1 rings (SSSR count). The zero-order valence-corrected chi connectivity index (χ0v) is 15.3. The number of benzene rings is 1. The van der Waals surface area contributed by atoms with Gasteiger partial charge in [-0.1, -0.05) is 19.1 Å². The number of aliphatic imine (C=N–C) groups is 1. The standard InChI is InChI=1S/C14H22FN3S.HI/c1-11(19-3)10-18-14(16-2)17-8-7-12-5-4-6-13(15)9-12;/h4-6,9,11H,7-8,10H2,1-3H3,(H2,16,17,18);1H. The van der Waals surface area contributed by atoms with Crippen LogP contribution in [0.15, 0.2) is 29.3 Å². The minimum atomic E-state index is -0.186. The Morgan fingerprint density at radius 2 is 2.15 bits per heavy atom. The molecule has 0 aliphatic carbocycles. The van der Waals surface area contributed by atoms with E-state index in [1.165, 1.54) is 6.07 Å². The Kier molecular flexibility index (Phi) is 10.9. The van der Waals surface area contributed by atoms with Gasteiger partial charge < -0.3 is 10.6 Å². The van der Waals surface area contributed by atoms with Gasteiger partial charge in [0, 0.05) is 25.4 Å². The third-order valence-corrected chi connectivity index (χ3v) is 3.75. The van der Waals surface area contributed by atoms with E-state index >= 15 is 0 Å². The van der Waals surface area contributed by atoms with E-state index in [1.807, 2.05) is 17.8 Å². The fraction of sp³-hybridized carbons (Fsp3) is 0.500. The SMILES string of the molecule is CN=C(NCCc1cccc(F)c1)NCC(C)SC.I. The lowest BCUT2D eigenvalue weighted by Crippen LogP contribution is -2.40. The molecule has 3 nitrogen and oxygen atoms in total. The van der Waals surface area contributed by atoms with Crippen LogP contribution >= 0.6 is 35.7 Å². The van der Waals surface area contributed by atoms with Gasteiger partial charge in [0.1, 0.15) is 5.82 Å². The zero-order valence-electron chi connectivity index (χ0n) is 12.1. The van der Waals surface area contributed by atoms with Crippen LogP contribution in [0.3, 0.4) is 0 Å². The van der Waals surface area contributed by atoms with E-state index in [9.17, 15) is 4.39 Å². The summed E-state index contributed by atoms with van der Waals surface area (Å²) in [5, 5.41) is 7.03. The number of hydrogen-bond donors (Lipinski definition) is 2. The van der Waals surface area contributed by atoms with Crippen LogP contribution in [0.4, 0.5) is 4.39 Å². The number of halogens is 2. The van der Waals surface area contributed by atoms with Crippen LogP contribution in [0.2, 0.25) is 0 Å². The summed E-state index contributed by atoms with van der Waals surface area (Å²) in [6.45, 7) is 3.77. The van der Waals surface area contributed by atoms with E-state index < -0.39 is 0 Å². The number of rotatable bonds is 6. The lowest BCUT2D eigenvalue weighted by atomic mass is 10.1. The Bertz CT molecular complexity index is 415. The monoisotopic (exact) mass is 411 g/mol. The molecule has 6 heteroatoms. The molecule has 0 spiro atoms. The van der Waals surface area contributed by atoms with E-state index in [0.717, 1.165) is 31.0 Å². The van der Waals surface area contributed by atoms with E-state index in [4.69, 9.17) is 0 Å². The molecule has 1 unspecified atom stereocenters. The molecule has 2 N–H and O–H groups in total. The van der Waals surface area contributed by atoms with Crippen LogP contribution in [0.1, 0.15) is 12.5 Å². The van der Waals surface area contributed by atoms with Crippen molar-refractivity contribution < 1.29 is 4.39 Å². The number of thioether (sulfide) groups is 1. The largest absolute Gasteiger partial charge is 0.356 e. The number of guanidine groups is 1. The highest BCUT2D eigenvalue weighted by molar-refractivity contribution is 14.0. The van der Waals surface area contributed by atoms with Crippen LogP contribution in [0.25, 0.3) is 0 Å². The summed E-state index contributed by atoms with van der Waals surface area (Å²) in [5.74, 6) is 0.603. The first-order chi connectivity index (χ1) is 9.15. The van der Waals surface area contributed by atoms with Crippen LogP contribution in [0.5, 0.6) is 0 Å². The molecule has 0 aliphatic rings. The van der Waals surface area contributed by atoms with Gasteiger partial charge in [-0.3, -0.25) is 4.99 Å². The van der Waals surface area contributed by atoms with E-state index in [2.05, 4.69) is 28.8 Å². The zero-order chi connectivity index (χ0) is 14.1. The van der Waals surface area contributed by atoms with Crippen LogP contribution < -0.4 is 10.6 Å². The average molecular weight is 411 g/mol. The summed E-state index contributed by atoms with van der Waals surface area (Å²) < 4.78 is 13.0. The lowest BCUT2D eigenvalue weighted by molar-refractivity contribution is 0.625. The van der Waals surface area contributed by atoms with Gasteiger partial charge in [0.15, 0.2) is 5.96 Å². The van der Waals surface area contributed by atoms with Crippen molar-refractivity contribution in [2.45, 2.75) is 18.6 Å². The minimum absolute atomic E-state index is 0. The van der Waals surface area contributed by atoms with Gasteiger partial charge in [0.25, 0.3) is 0 Å². The van der Waals surface area contributed by atoms with Crippen LogP contribution in [-0.2, 0) is 6.42 Å². The van der Waals surface area contributed by atoms with E-state index in [-0.39, 0.29) is 29.8 Å². The van der Waals surface area contributed by atoms with Crippen molar-refractivity contribution >= 4 is 41.7 Å². The van der Waals surface area contributed by atoms with Gasteiger partial charge in [-0.2, -0.15) is 11.8 Å². The molecule has 114 valence electrons. The molecule has 0 aliphatic heterocycles. The Labute approximate surface area is 142 Å². The molecule has 0 fully saturated rings. The normalized spacial score (nSPS) is 12.5. The highest BCUT2D eigenvalue weighted by atomic mass is 127. The van der Waals surface area contributed by atoms with Gasteiger partial charge in [-0.15, -0.1) is 24.0 Å². The summed E-state index contributed by atoms with van der Waals surface area (Å²) in [6.07, 6.45) is 2.86. The molecule has 20 heavy (non-hydrogen) atoms. The maximum atomic E-state index is 13.0. The van der Waals surface area contributed by atoms with Gasteiger partial charge in [-0.05, 0) is 30.4 Å². The highest BCUT2D eigenvalue weighted by Gasteiger charge is 2.02. The maximum Gasteiger partial charge on any atom is 0.191 e. The molecule has 0 amide bonds. The van der Waals surface area contributed by atoms with Crippen molar-refractivity contribution in [1.82, 2.24) is 10.6 Å². The summed E-state index contributed by atoms with van der Waals surface area (Å²) in [5.41, 5.74) is 0.987. The third-order valence-electron chi connectivity index (χ3n) is 2.78. The molecule has 1 aromatic rings. The molecular formula is C14H23FIN3S. The highest BCUT2D eigenvalue weighted by Crippen LogP contribution is 2.04. The van der Waals surface area contributed by atoms with Gasteiger partial charge in [-0.25, -0.2) is 4.39 Å². The van der Waals surface area contributed by atoms with Gasteiger partial charge in [0.05, 0.1) is 0 Å².